The largest absolute Gasteiger partial charge is 0.459 e. The lowest BCUT2D eigenvalue weighted by Gasteiger charge is -2.31. The standard InChI is InChI=1S/C19H22N2O4S/c22-19(18-5-2-12-25-18)21-10-8-16(9-11-21)20-26(23,24)17-7-6-14-3-1-4-15(14)13-17/h2,5-7,12-13,16,20H,1,3-4,8-11H2. The van der Waals surface area contributed by atoms with E-state index in [-0.39, 0.29) is 11.9 Å². The Balaban J connectivity index is 1.38. The number of rotatable bonds is 4. The Bertz CT molecular complexity index is 898. The topological polar surface area (TPSA) is 79.6 Å². The van der Waals surface area contributed by atoms with Crippen LogP contribution in [0.3, 0.4) is 0 Å². The van der Waals surface area contributed by atoms with E-state index in [9.17, 15) is 13.2 Å². The third-order valence-corrected chi connectivity index (χ3v) is 6.73. The number of sulfonamides is 1. The monoisotopic (exact) mass is 374 g/mol. The molecule has 0 spiro atoms. The summed E-state index contributed by atoms with van der Waals surface area (Å²) < 4.78 is 33.3. The van der Waals surface area contributed by atoms with Crippen molar-refractivity contribution in [3.8, 4) is 0 Å². The van der Waals surface area contributed by atoms with E-state index in [4.69, 9.17) is 4.42 Å². The van der Waals surface area contributed by atoms with E-state index in [0.29, 0.717) is 36.6 Å². The van der Waals surface area contributed by atoms with Crippen molar-refractivity contribution in [3.05, 3.63) is 53.5 Å². The third-order valence-electron chi connectivity index (χ3n) is 5.22. The number of carbonyl (C=O) groups is 1. The number of nitrogens with one attached hydrogen (secondary N) is 1. The lowest BCUT2D eigenvalue weighted by molar-refractivity contribution is 0.0679. The highest BCUT2D eigenvalue weighted by atomic mass is 32.2. The molecule has 2 aromatic rings. The van der Waals surface area contributed by atoms with Crippen molar-refractivity contribution in [2.75, 3.05) is 13.1 Å². The maximum atomic E-state index is 12.7. The Kier molecular flexibility index (Phi) is 4.58. The van der Waals surface area contributed by atoms with Crippen LogP contribution in [-0.2, 0) is 22.9 Å². The van der Waals surface area contributed by atoms with Crippen molar-refractivity contribution >= 4 is 15.9 Å². The minimum absolute atomic E-state index is 0.144. The summed E-state index contributed by atoms with van der Waals surface area (Å²) in [5.74, 6) is 0.178. The van der Waals surface area contributed by atoms with E-state index < -0.39 is 10.0 Å². The summed E-state index contributed by atoms with van der Waals surface area (Å²) in [4.78, 5) is 14.3. The predicted molar refractivity (Wildman–Crippen MR) is 96.4 cm³/mol. The van der Waals surface area contributed by atoms with Gasteiger partial charge in [0.25, 0.3) is 5.91 Å². The van der Waals surface area contributed by atoms with E-state index in [2.05, 4.69) is 4.72 Å². The molecule has 0 radical (unpaired) electrons. The maximum absolute atomic E-state index is 12.7. The van der Waals surface area contributed by atoms with Crippen molar-refractivity contribution in [1.29, 1.82) is 0 Å². The van der Waals surface area contributed by atoms with Crippen molar-refractivity contribution in [2.45, 2.75) is 43.0 Å². The molecule has 0 atom stereocenters. The van der Waals surface area contributed by atoms with Gasteiger partial charge >= 0.3 is 0 Å². The molecule has 0 saturated carbocycles. The van der Waals surface area contributed by atoms with Crippen LogP contribution in [0.2, 0.25) is 0 Å². The van der Waals surface area contributed by atoms with Gasteiger partial charge in [-0.3, -0.25) is 4.79 Å². The van der Waals surface area contributed by atoms with E-state index in [1.165, 1.54) is 11.8 Å². The molecular formula is C19H22N2O4S. The number of fused-ring (bicyclic) bond motifs is 1. The Labute approximate surface area is 153 Å². The lowest BCUT2D eigenvalue weighted by Crippen LogP contribution is -2.46. The summed E-state index contributed by atoms with van der Waals surface area (Å²) in [5, 5.41) is 0. The smallest absolute Gasteiger partial charge is 0.289 e. The summed E-state index contributed by atoms with van der Waals surface area (Å²) in [6.45, 7) is 1.02. The molecule has 1 aliphatic heterocycles. The molecule has 1 aromatic heterocycles. The van der Waals surface area contributed by atoms with Crippen LogP contribution in [-0.4, -0.2) is 38.4 Å². The molecule has 26 heavy (non-hydrogen) atoms. The fourth-order valence-corrected chi connectivity index (χ4v) is 5.11. The highest BCUT2D eigenvalue weighted by molar-refractivity contribution is 7.89. The number of hydrogen-bond acceptors (Lipinski definition) is 4. The first-order chi connectivity index (χ1) is 12.5. The van der Waals surface area contributed by atoms with Gasteiger partial charge < -0.3 is 9.32 Å². The zero-order chi connectivity index (χ0) is 18.1. The van der Waals surface area contributed by atoms with Crippen LogP contribution in [0.25, 0.3) is 0 Å². The highest BCUT2D eigenvalue weighted by Crippen LogP contribution is 2.25. The minimum atomic E-state index is -3.53. The maximum Gasteiger partial charge on any atom is 0.289 e. The molecule has 1 fully saturated rings. The molecule has 1 saturated heterocycles. The van der Waals surface area contributed by atoms with E-state index in [0.717, 1.165) is 24.8 Å². The second kappa shape index (κ2) is 6.89. The van der Waals surface area contributed by atoms with Gasteiger partial charge in [0.05, 0.1) is 11.2 Å². The predicted octanol–water partition coefficient (Wildman–Crippen LogP) is 2.35. The first-order valence-corrected chi connectivity index (χ1v) is 10.5. The van der Waals surface area contributed by atoms with Crippen molar-refractivity contribution < 1.29 is 17.6 Å². The molecule has 2 aliphatic rings. The Morgan fingerprint density at radius 3 is 2.62 bits per heavy atom. The number of carbonyl (C=O) groups excluding carboxylic acids is 1. The van der Waals surface area contributed by atoms with E-state index in [1.807, 2.05) is 6.07 Å². The number of hydrogen-bond donors (Lipinski definition) is 1. The quantitative estimate of drug-likeness (QED) is 0.891. The van der Waals surface area contributed by atoms with Gasteiger partial charge in [0.15, 0.2) is 5.76 Å². The summed E-state index contributed by atoms with van der Waals surface area (Å²) in [7, 11) is -3.53. The van der Waals surface area contributed by atoms with Gasteiger partial charge in [-0.15, -0.1) is 0 Å². The number of benzene rings is 1. The highest BCUT2D eigenvalue weighted by Gasteiger charge is 2.28. The molecule has 1 aliphatic carbocycles. The SMILES string of the molecule is O=C(c1ccco1)N1CCC(NS(=O)(=O)c2ccc3c(c2)CCC3)CC1. The first kappa shape index (κ1) is 17.3. The van der Waals surface area contributed by atoms with E-state index in [1.54, 1.807) is 29.2 Å². The molecule has 1 aromatic carbocycles. The van der Waals surface area contributed by atoms with Gasteiger partial charge in [-0.05, 0) is 67.5 Å². The van der Waals surface area contributed by atoms with Crippen LogP contribution in [0.4, 0.5) is 0 Å². The van der Waals surface area contributed by atoms with Crippen molar-refractivity contribution in [2.24, 2.45) is 0 Å². The number of likely N-dealkylation sites (tertiary alicyclic amines) is 1. The molecular weight excluding hydrogens is 352 g/mol. The average Bonchev–Trinajstić information content (AvgIpc) is 3.32. The zero-order valence-electron chi connectivity index (χ0n) is 14.5. The fourth-order valence-electron chi connectivity index (χ4n) is 3.76. The van der Waals surface area contributed by atoms with Crippen LogP contribution in [0.1, 0.15) is 40.9 Å². The van der Waals surface area contributed by atoms with Crippen LogP contribution in [0, 0.1) is 0 Å². The fraction of sp³-hybridized carbons (Fsp3) is 0.421. The molecule has 0 bridgehead atoms. The van der Waals surface area contributed by atoms with E-state index >= 15 is 0 Å². The second-order valence-corrected chi connectivity index (χ2v) is 8.66. The number of nitrogens with zero attached hydrogens (tertiary/aromatic N) is 1. The summed E-state index contributed by atoms with van der Waals surface area (Å²) in [5.41, 5.74) is 2.40. The van der Waals surface area contributed by atoms with Gasteiger partial charge in [0.2, 0.25) is 10.0 Å². The molecule has 0 unspecified atom stereocenters. The van der Waals surface area contributed by atoms with Crippen LogP contribution >= 0.6 is 0 Å². The molecule has 2 heterocycles. The average molecular weight is 374 g/mol. The normalized spacial score (nSPS) is 18.1. The van der Waals surface area contributed by atoms with Gasteiger partial charge in [0.1, 0.15) is 0 Å². The summed E-state index contributed by atoms with van der Waals surface area (Å²) >= 11 is 0. The lowest BCUT2D eigenvalue weighted by atomic mass is 10.1. The summed E-state index contributed by atoms with van der Waals surface area (Å²) in [6, 6.07) is 8.60. The number of aryl methyl sites for hydroxylation is 2. The van der Waals surface area contributed by atoms with Crippen molar-refractivity contribution in [1.82, 2.24) is 9.62 Å². The molecule has 138 valence electrons. The minimum Gasteiger partial charge on any atom is -0.459 e. The number of furan rings is 1. The molecule has 1 N–H and O–H groups in total. The van der Waals surface area contributed by atoms with Crippen molar-refractivity contribution in [3.63, 3.8) is 0 Å². The Morgan fingerprint density at radius 2 is 1.88 bits per heavy atom. The molecule has 1 amide bonds. The van der Waals surface area contributed by atoms with Gasteiger partial charge in [-0.2, -0.15) is 0 Å². The molecule has 4 rings (SSSR count). The molecule has 6 nitrogen and oxygen atoms in total. The first-order valence-electron chi connectivity index (χ1n) is 9.00. The van der Waals surface area contributed by atoms with Crippen LogP contribution in [0.15, 0.2) is 45.9 Å². The Hall–Kier alpha value is -2.12. The van der Waals surface area contributed by atoms with Crippen LogP contribution in [0.5, 0.6) is 0 Å². The Morgan fingerprint density at radius 1 is 1.12 bits per heavy atom. The van der Waals surface area contributed by atoms with Gasteiger partial charge in [0, 0.05) is 19.1 Å². The molecule has 7 heteroatoms. The number of amides is 1. The summed E-state index contributed by atoms with van der Waals surface area (Å²) in [6.07, 6.45) is 5.74. The number of piperidine rings is 1. The van der Waals surface area contributed by atoms with Gasteiger partial charge in [-0.1, -0.05) is 6.07 Å². The zero-order valence-corrected chi connectivity index (χ0v) is 15.3. The van der Waals surface area contributed by atoms with Gasteiger partial charge in [-0.25, -0.2) is 13.1 Å². The van der Waals surface area contributed by atoms with Crippen LogP contribution < -0.4 is 4.72 Å². The third kappa shape index (κ3) is 3.41. The second-order valence-electron chi connectivity index (χ2n) is 6.95.